The molecule has 0 unspecified atom stereocenters. The molecule has 2 rings (SSSR count). The Morgan fingerprint density at radius 3 is 2.91 bits per heavy atom. The molecule has 0 bridgehead atoms. The van der Waals surface area contributed by atoms with Crippen molar-refractivity contribution < 1.29 is 9.53 Å². The molecule has 1 amide bonds. The van der Waals surface area contributed by atoms with Crippen LogP contribution in [0.3, 0.4) is 0 Å². The third-order valence-electron chi connectivity index (χ3n) is 3.50. The normalized spacial score (nSPS) is 19.2. The van der Waals surface area contributed by atoms with Crippen LogP contribution in [0, 0.1) is 5.92 Å². The Balaban J connectivity index is 1.71. The van der Waals surface area contributed by atoms with Crippen LogP contribution < -0.4 is 5.32 Å². The van der Waals surface area contributed by atoms with Gasteiger partial charge in [-0.15, -0.1) is 0 Å². The van der Waals surface area contributed by atoms with Crippen molar-refractivity contribution in [1.29, 1.82) is 0 Å². The maximum atomic E-state index is 11.7. The molecule has 0 radical (unpaired) electrons. The van der Waals surface area contributed by atoms with Crippen LogP contribution in [0.5, 0.6) is 0 Å². The summed E-state index contributed by atoms with van der Waals surface area (Å²) < 4.78 is 6.11. The van der Waals surface area contributed by atoms with E-state index >= 15 is 0 Å². The molecule has 122 valence electrons. The van der Waals surface area contributed by atoms with Gasteiger partial charge in [-0.3, -0.25) is 4.90 Å². The molecule has 1 aromatic heterocycles. The van der Waals surface area contributed by atoms with Crippen LogP contribution in [-0.2, 0) is 11.3 Å². The summed E-state index contributed by atoms with van der Waals surface area (Å²) in [6.07, 6.45) is 2.67. The van der Waals surface area contributed by atoms with Crippen LogP contribution in [0.25, 0.3) is 0 Å². The number of carbonyl (C=O) groups excluding carboxylic acids is 1. The number of nitrogens with one attached hydrogen (secondary N) is 1. The van der Waals surface area contributed by atoms with E-state index in [4.69, 9.17) is 4.74 Å². The number of ether oxygens (including phenoxy) is 1. The molecule has 1 atom stereocenters. The van der Waals surface area contributed by atoms with Gasteiger partial charge in [-0.05, 0) is 67.2 Å². The molecular weight excluding hydrogens is 346 g/mol. The molecule has 0 spiro atoms. The van der Waals surface area contributed by atoms with Crippen molar-refractivity contribution in [1.82, 2.24) is 15.2 Å². The van der Waals surface area contributed by atoms with E-state index in [1.165, 1.54) is 5.56 Å². The van der Waals surface area contributed by atoms with E-state index in [-0.39, 0.29) is 6.09 Å². The van der Waals surface area contributed by atoms with Gasteiger partial charge in [0, 0.05) is 25.8 Å². The Kier molecular flexibility index (Phi) is 5.81. The van der Waals surface area contributed by atoms with Crippen LogP contribution in [0.1, 0.15) is 32.8 Å². The second-order valence-electron chi connectivity index (χ2n) is 6.76. The third kappa shape index (κ3) is 5.93. The number of halogens is 1. The fraction of sp³-hybridized carbons (Fsp3) is 0.625. The predicted molar refractivity (Wildman–Crippen MR) is 89.6 cm³/mol. The van der Waals surface area contributed by atoms with Gasteiger partial charge >= 0.3 is 6.09 Å². The summed E-state index contributed by atoms with van der Waals surface area (Å²) in [5.74, 6) is 0.482. The van der Waals surface area contributed by atoms with E-state index in [1.807, 2.05) is 33.0 Å². The Bertz CT molecular complexity index is 499. The number of alkyl carbamates (subject to hydrolysis) is 1. The standard InChI is InChI=1S/C16H24BrN3O2/c1-16(2,3)22-15(21)19-9-13-6-7-20(11-13)10-12-4-5-14(17)18-8-12/h4-5,8,13H,6-7,9-11H2,1-3H3,(H,19,21)/t13-/m0/s1. The topological polar surface area (TPSA) is 54.5 Å². The number of hydrogen-bond acceptors (Lipinski definition) is 4. The third-order valence-corrected chi connectivity index (χ3v) is 3.97. The molecule has 5 nitrogen and oxygen atoms in total. The zero-order valence-electron chi connectivity index (χ0n) is 13.4. The van der Waals surface area contributed by atoms with Crippen molar-refractivity contribution >= 4 is 22.0 Å². The first-order valence-electron chi connectivity index (χ1n) is 7.61. The predicted octanol–water partition coefficient (Wildman–Crippen LogP) is 3.19. The van der Waals surface area contributed by atoms with Crippen LogP contribution >= 0.6 is 15.9 Å². The average molecular weight is 370 g/mol. The summed E-state index contributed by atoms with van der Waals surface area (Å²) in [6.45, 7) is 9.23. The highest BCUT2D eigenvalue weighted by Gasteiger charge is 2.24. The quantitative estimate of drug-likeness (QED) is 0.828. The number of likely N-dealkylation sites (tertiary alicyclic amines) is 1. The smallest absolute Gasteiger partial charge is 0.407 e. The summed E-state index contributed by atoms with van der Waals surface area (Å²) in [5, 5.41) is 2.87. The zero-order valence-corrected chi connectivity index (χ0v) is 15.0. The van der Waals surface area contributed by atoms with Crippen molar-refractivity contribution in [3.05, 3.63) is 28.5 Å². The van der Waals surface area contributed by atoms with Gasteiger partial charge < -0.3 is 10.1 Å². The first-order valence-corrected chi connectivity index (χ1v) is 8.41. The number of aromatic nitrogens is 1. The number of nitrogens with zero attached hydrogens (tertiary/aromatic N) is 2. The SMILES string of the molecule is CC(C)(C)OC(=O)NC[C@@H]1CCN(Cc2ccc(Br)nc2)C1. The van der Waals surface area contributed by atoms with Gasteiger partial charge in [0.05, 0.1) is 0 Å². The van der Waals surface area contributed by atoms with E-state index in [9.17, 15) is 4.79 Å². The minimum absolute atomic E-state index is 0.331. The average Bonchev–Trinajstić information content (AvgIpc) is 2.85. The van der Waals surface area contributed by atoms with Gasteiger partial charge in [-0.2, -0.15) is 0 Å². The minimum Gasteiger partial charge on any atom is -0.444 e. The molecule has 1 aliphatic rings. The monoisotopic (exact) mass is 369 g/mol. The molecule has 2 heterocycles. The summed E-state index contributed by atoms with van der Waals surface area (Å²) in [7, 11) is 0. The first kappa shape index (κ1) is 17.2. The molecule has 22 heavy (non-hydrogen) atoms. The van der Waals surface area contributed by atoms with Gasteiger partial charge in [0.15, 0.2) is 0 Å². The fourth-order valence-electron chi connectivity index (χ4n) is 2.52. The van der Waals surface area contributed by atoms with Crippen LogP contribution in [0.2, 0.25) is 0 Å². The van der Waals surface area contributed by atoms with Gasteiger partial charge in [0.1, 0.15) is 10.2 Å². The van der Waals surface area contributed by atoms with E-state index in [1.54, 1.807) is 0 Å². The zero-order chi connectivity index (χ0) is 16.2. The van der Waals surface area contributed by atoms with Gasteiger partial charge in [-0.25, -0.2) is 9.78 Å². The van der Waals surface area contributed by atoms with Crippen LogP contribution in [-0.4, -0.2) is 41.2 Å². The molecule has 6 heteroatoms. The lowest BCUT2D eigenvalue weighted by Crippen LogP contribution is -2.35. The lowest BCUT2D eigenvalue weighted by molar-refractivity contribution is 0.0519. The minimum atomic E-state index is -0.444. The van der Waals surface area contributed by atoms with Crippen molar-refractivity contribution in [3.8, 4) is 0 Å². The van der Waals surface area contributed by atoms with Crippen molar-refractivity contribution in [2.75, 3.05) is 19.6 Å². The highest BCUT2D eigenvalue weighted by atomic mass is 79.9. The van der Waals surface area contributed by atoms with E-state index in [0.29, 0.717) is 12.5 Å². The number of amides is 1. The Morgan fingerprint density at radius 1 is 1.50 bits per heavy atom. The van der Waals surface area contributed by atoms with E-state index in [0.717, 1.165) is 30.7 Å². The summed E-state index contributed by atoms with van der Waals surface area (Å²) in [4.78, 5) is 18.3. The van der Waals surface area contributed by atoms with Gasteiger partial charge in [-0.1, -0.05) is 6.07 Å². The fourth-order valence-corrected chi connectivity index (χ4v) is 2.76. The number of hydrogen-bond donors (Lipinski definition) is 1. The van der Waals surface area contributed by atoms with E-state index in [2.05, 4.69) is 37.2 Å². The second-order valence-corrected chi connectivity index (χ2v) is 7.57. The van der Waals surface area contributed by atoms with Gasteiger partial charge in [0.25, 0.3) is 0 Å². The van der Waals surface area contributed by atoms with Crippen molar-refractivity contribution in [3.63, 3.8) is 0 Å². The largest absolute Gasteiger partial charge is 0.444 e. The Labute approximate surface area is 140 Å². The summed E-state index contributed by atoms with van der Waals surface area (Å²) in [6, 6.07) is 4.05. The second kappa shape index (κ2) is 7.42. The molecule has 0 aliphatic carbocycles. The maximum Gasteiger partial charge on any atom is 0.407 e. The van der Waals surface area contributed by atoms with Crippen LogP contribution in [0.4, 0.5) is 4.79 Å². The molecule has 1 aliphatic heterocycles. The van der Waals surface area contributed by atoms with E-state index < -0.39 is 5.60 Å². The lowest BCUT2D eigenvalue weighted by Gasteiger charge is -2.21. The first-order chi connectivity index (χ1) is 10.3. The Morgan fingerprint density at radius 2 is 2.27 bits per heavy atom. The van der Waals surface area contributed by atoms with Gasteiger partial charge in [0.2, 0.25) is 0 Å². The number of rotatable bonds is 4. The number of pyridine rings is 1. The molecule has 1 N–H and O–H groups in total. The highest BCUT2D eigenvalue weighted by molar-refractivity contribution is 9.10. The Hall–Kier alpha value is -1.14. The van der Waals surface area contributed by atoms with Crippen molar-refractivity contribution in [2.45, 2.75) is 39.3 Å². The molecular formula is C16H24BrN3O2. The van der Waals surface area contributed by atoms with Crippen LogP contribution in [0.15, 0.2) is 22.9 Å². The molecule has 0 aromatic carbocycles. The summed E-state index contributed by atoms with van der Waals surface area (Å²) in [5.41, 5.74) is 0.768. The lowest BCUT2D eigenvalue weighted by atomic mass is 10.1. The molecule has 0 saturated carbocycles. The highest BCUT2D eigenvalue weighted by Crippen LogP contribution is 2.18. The van der Waals surface area contributed by atoms with Crippen molar-refractivity contribution in [2.24, 2.45) is 5.92 Å². The molecule has 1 aromatic rings. The molecule has 1 saturated heterocycles. The maximum absolute atomic E-state index is 11.7. The summed E-state index contributed by atoms with van der Waals surface area (Å²) >= 11 is 3.35. The number of carbonyl (C=O) groups is 1. The molecule has 1 fully saturated rings.